The number of nitrogens with zero attached hydrogens (tertiary/aromatic N) is 3. The number of pyridine rings is 1. The number of rotatable bonds is 5. The van der Waals surface area contributed by atoms with Gasteiger partial charge < -0.3 is 14.6 Å². The number of benzene rings is 1. The number of hydrogen-bond acceptors (Lipinski definition) is 4. The van der Waals surface area contributed by atoms with Crippen LogP contribution in [0.4, 0.5) is 5.82 Å². The van der Waals surface area contributed by atoms with Crippen LogP contribution in [0.15, 0.2) is 54.9 Å². The minimum Gasteiger partial charge on any atom is -0.497 e. The van der Waals surface area contributed by atoms with Crippen molar-refractivity contribution in [2.75, 3.05) is 12.4 Å². The fourth-order valence-corrected chi connectivity index (χ4v) is 2.54. The summed E-state index contributed by atoms with van der Waals surface area (Å²) < 4.78 is 7.36. The number of hydrogen-bond donors (Lipinski definition) is 1. The van der Waals surface area contributed by atoms with Gasteiger partial charge in [0.15, 0.2) is 0 Å². The fraction of sp³-hybridized carbons (Fsp3) is 0.222. The quantitative estimate of drug-likeness (QED) is 0.785. The van der Waals surface area contributed by atoms with E-state index in [1.807, 2.05) is 61.1 Å². The lowest BCUT2D eigenvalue weighted by Crippen LogP contribution is -2.17. The number of aryl methyl sites for hydroxylation is 2. The van der Waals surface area contributed by atoms with Crippen LogP contribution in [-0.4, -0.2) is 21.6 Å². The molecule has 1 N–H and O–H groups in total. The van der Waals surface area contributed by atoms with Crippen molar-refractivity contribution in [3.8, 4) is 5.75 Å². The second-order valence-electron chi connectivity index (χ2n) is 5.41. The Morgan fingerprint density at radius 1 is 1.17 bits per heavy atom. The first-order valence-electron chi connectivity index (χ1n) is 7.49. The average Bonchev–Trinajstić information content (AvgIpc) is 2.98. The minimum absolute atomic E-state index is 0.112. The van der Waals surface area contributed by atoms with Crippen molar-refractivity contribution in [3.05, 3.63) is 71.9 Å². The van der Waals surface area contributed by atoms with E-state index in [1.54, 1.807) is 13.3 Å². The molecule has 0 aliphatic heterocycles. The highest BCUT2D eigenvalue weighted by Gasteiger charge is 2.19. The Bertz CT molecular complexity index is 797. The number of methoxy groups -OCH3 is 1. The van der Waals surface area contributed by atoms with Crippen molar-refractivity contribution in [1.82, 2.24) is 14.5 Å². The molecule has 2 heterocycles. The number of anilines is 1. The van der Waals surface area contributed by atoms with Gasteiger partial charge >= 0.3 is 0 Å². The molecule has 1 atom stereocenters. The highest BCUT2D eigenvalue weighted by atomic mass is 16.5. The Labute approximate surface area is 136 Å². The predicted octanol–water partition coefficient (Wildman–Crippen LogP) is 3.33. The predicted molar refractivity (Wildman–Crippen MR) is 90.6 cm³/mol. The number of aromatic nitrogens is 3. The summed E-state index contributed by atoms with van der Waals surface area (Å²) in [6.45, 7) is 1.98. The van der Waals surface area contributed by atoms with Crippen LogP contribution < -0.4 is 10.1 Å². The summed E-state index contributed by atoms with van der Waals surface area (Å²) in [6.07, 6.45) is 3.74. The van der Waals surface area contributed by atoms with Crippen molar-refractivity contribution in [2.24, 2.45) is 7.05 Å². The number of nitrogens with one attached hydrogen (secondary N) is 1. The molecule has 0 spiro atoms. The zero-order chi connectivity index (χ0) is 16.2. The SMILES string of the molecule is COc1cccc(C(Nc2cccc(C)n2)c2nccn2C)c1. The Kier molecular flexibility index (Phi) is 4.28. The molecule has 118 valence electrons. The summed E-state index contributed by atoms with van der Waals surface area (Å²) in [5.41, 5.74) is 2.04. The largest absolute Gasteiger partial charge is 0.497 e. The molecule has 0 aliphatic rings. The summed E-state index contributed by atoms with van der Waals surface area (Å²) in [7, 11) is 3.66. The van der Waals surface area contributed by atoms with Gasteiger partial charge in [0, 0.05) is 25.1 Å². The summed E-state index contributed by atoms with van der Waals surface area (Å²) in [5.74, 6) is 2.56. The molecule has 0 radical (unpaired) electrons. The molecule has 3 aromatic rings. The van der Waals surface area contributed by atoms with Crippen molar-refractivity contribution in [1.29, 1.82) is 0 Å². The highest BCUT2D eigenvalue weighted by molar-refractivity contribution is 5.44. The minimum atomic E-state index is -0.112. The Balaban J connectivity index is 2.01. The molecule has 0 amide bonds. The van der Waals surface area contributed by atoms with E-state index in [0.29, 0.717) is 0 Å². The first-order chi connectivity index (χ1) is 11.2. The van der Waals surface area contributed by atoms with Crippen molar-refractivity contribution in [3.63, 3.8) is 0 Å². The first kappa shape index (κ1) is 15.1. The van der Waals surface area contributed by atoms with Gasteiger partial charge in [-0.05, 0) is 36.8 Å². The van der Waals surface area contributed by atoms with E-state index < -0.39 is 0 Å². The first-order valence-corrected chi connectivity index (χ1v) is 7.49. The van der Waals surface area contributed by atoms with E-state index >= 15 is 0 Å². The molecule has 5 nitrogen and oxygen atoms in total. The van der Waals surface area contributed by atoms with Gasteiger partial charge in [-0.3, -0.25) is 0 Å². The Hall–Kier alpha value is -2.82. The zero-order valence-corrected chi connectivity index (χ0v) is 13.5. The Morgan fingerprint density at radius 2 is 2.00 bits per heavy atom. The second-order valence-corrected chi connectivity index (χ2v) is 5.41. The topological polar surface area (TPSA) is 52.0 Å². The van der Waals surface area contributed by atoms with Gasteiger partial charge in [-0.2, -0.15) is 0 Å². The van der Waals surface area contributed by atoms with Gasteiger partial charge in [-0.25, -0.2) is 9.97 Å². The van der Waals surface area contributed by atoms with Crippen LogP contribution in [0, 0.1) is 6.92 Å². The van der Waals surface area contributed by atoms with Crippen LogP contribution in [0.3, 0.4) is 0 Å². The maximum Gasteiger partial charge on any atom is 0.135 e. The zero-order valence-electron chi connectivity index (χ0n) is 13.5. The Morgan fingerprint density at radius 3 is 2.70 bits per heavy atom. The van der Waals surface area contributed by atoms with E-state index in [1.165, 1.54) is 0 Å². The van der Waals surface area contributed by atoms with E-state index in [4.69, 9.17) is 4.74 Å². The van der Waals surface area contributed by atoms with E-state index in [-0.39, 0.29) is 6.04 Å². The van der Waals surface area contributed by atoms with Crippen LogP contribution >= 0.6 is 0 Å². The van der Waals surface area contributed by atoms with Gasteiger partial charge in [0.1, 0.15) is 23.4 Å². The standard InChI is InChI=1S/C18H20N4O/c1-13-6-4-9-16(20-13)21-17(18-19-10-11-22(18)2)14-7-5-8-15(12-14)23-3/h4-12,17H,1-3H3,(H,20,21). The molecular formula is C18H20N4O. The lowest BCUT2D eigenvalue weighted by molar-refractivity contribution is 0.414. The monoisotopic (exact) mass is 308 g/mol. The summed E-state index contributed by atoms with van der Waals surface area (Å²) in [6, 6.07) is 13.8. The molecule has 5 heteroatoms. The van der Waals surface area contributed by atoms with Gasteiger partial charge in [0.05, 0.1) is 7.11 Å². The van der Waals surface area contributed by atoms with Gasteiger partial charge in [-0.15, -0.1) is 0 Å². The van der Waals surface area contributed by atoms with E-state index in [2.05, 4.69) is 21.4 Å². The average molecular weight is 308 g/mol. The van der Waals surface area contributed by atoms with Crippen LogP contribution in [-0.2, 0) is 7.05 Å². The van der Waals surface area contributed by atoms with Crippen molar-refractivity contribution in [2.45, 2.75) is 13.0 Å². The maximum absolute atomic E-state index is 5.35. The summed E-state index contributed by atoms with van der Waals surface area (Å²) in [5, 5.41) is 3.48. The number of imidazole rings is 1. The normalized spacial score (nSPS) is 12.0. The second kappa shape index (κ2) is 6.52. The molecule has 23 heavy (non-hydrogen) atoms. The lowest BCUT2D eigenvalue weighted by Gasteiger charge is -2.20. The third-order valence-electron chi connectivity index (χ3n) is 3.72. The molecular weight excluding hydrogens is 288 g/mol. The molecule has 3 rings (SSSR count). The van der Waals surface area contributed by atoms with Crippen LogP contribution in [0.1, 0.15) is 23.1 Å². The fourth-order valence-electron chi connectivity index (χ4n) is 2.54. The van der Waals surface area contributed by atoms with Crippen LogP contribution in [0.2, 0.25) is 0 Å². The molecule has 2 aromatic heterocycles. The van der Waals surface area contributed by atoms with E-state index in [0.717, 1.165) is 28.6 Å². The molecule has 1 aromatic carbocycles. The summed E-state index contributed by atoms with van der Waals surface area (Å²) in [4.78, 5) is 9.04. The molecule has 0 saturated heterocycles. The molecule has 0 fully saturated rings. The van der Waals surface area contributed by atoms with E-state index in [9.17, 15) is 0 Å². The van der Waals surface area contributed by atoms with Crippen LogP contribution in [0.5, 0.6) is 5.75 Å². The van der Waals surface area contributed by atoms with Gasteiger partial charge in [0.25, 0.3) is 0 Å². The van der Waals surface area contributed by atoms with Gasteiger partial charge in [0.2, 0.25) is 0 Å². The number of ether oxygens (including phenoxy) is 1. The van der Waals surface area contributed by atoms with Crippen molar-refractivity contribution < 1.29 is 4.74 Å². The molecule has 1 unspecified atom stereocenters. The van der Waals surface area contributed by atoms with Gasteiger partial charge in [-0.1, -0.05) is 18.2 Å². The summed E-state index contributed by atoms with van der Waals surface area (Å²) >= 11 is 0. The third-order valence-corrected chi connectivity index (χ3v) is 3.72. The smallest absolute Gasteiger partial charge is 0.135 e. The molecule has 0 bridgehead atoms. The van der Waals surface area contributed by atoms with Crippen LogP contribution in [0.25, 0.3) is 0 Å². The molecule has 0 saturated carbocycles. The lowest BCUT2D eigenvalue weighted by atomic mass is 10.1. The third kappa shape index (κ3) is 3.34. The van der Waals surface area contributed by atoms with Crippen molar-refractivity contribution >= 4 is 5.82 Å². The maximum atomic E-state index is 5.35. The molecule has 0 aliphatic carbocycles. The highest BCUT2D eigenvalue weighted by Crippen LogP contribution is 2.27.